The summed E-state index contributed by atoms with van der Waals surface area (Å²) in [5.74, 6) is -0.213. The molecule has 0 heterocycles. The van der Waals surface area contributed by atoms with E-state index in [0.717, 1.165) is 13.1 Å². The van der Waals surface area contributed by atoms with Crippen molar-refractivity contribution in [3.8, 4) is 0 Å². The second-order valence-corrected chi connectivity index (χ2v) is 5.03. The number of rotatable bonds is 6. The molecule has 0 bridgehead atoms. The third-order valence-corrected chi connectivity index (χ3v) is 3.04. The molecule has 1 aliphatic carbocycles. The number of carboxylic acid groups (broad SMARTS) is 1. The van der Waals surface area contributed by atoms with Gasteiger partial charge in [-0.3, -0.25) is 4.90 Å². The highest BCUT2D eigenvalue weighted by atomic mass is 16.4. The van der Waals surface area contributed by atoms with Crippen molar-refractivity contribution in [2.45, 2.75) is 45.6 Å². The lowest BCUT2D eigenvalue weighted by Gasteiger charge is -2.29. The quantitative estimate of drug-likeness (QED) is 0.706. The van der Waals surface area contributed by atoms with E-state index >= 15 is 0 Å². The fraction of sp³-hybridized carbons (Fsp3) is 0.769. The molecule has 0 saturated heterocycles. The van der Waals surface area contributed by atoms with Crippen molar-refractivity contribution in [1.29, 1.82) is 0 Å². The van der Waals surface area contributed by atoms with E-state index in [9.17, 15) is 4.79 Å². The number of nitrogens with zero attached hydrogens (tertiary/aromatic N) is 1. The molecule has 1 aliphatic rings. The number of aliphatic carboxylic acids is 1. The highest BCUT2D eigenvalue weighted by Gasteiger charge is 2.21. The van der Waals surface area contributed by atoms with Gasteiger partial charge in [0.2, 0.25) is 0 Å². The number of carboxylic acids is 1. The van der Waals surface area contributed by atoms with Crippen LogP contribution in [0.2, 0.25) is 0 Å². The Morgan fingerprint density at radius 1 is 1.44 bits per heavy atom. The van der Waals surface area contributed by atoms with Crippen molar-refractivity contribution in [2.24, 2.45) is 5.92 Å². The Labute approximate surface area is 98.1 Å². The maximum absolute atomic E-state index is 10.4. The Balaban J connectivity index is 2.45. The highest BCUT2D eigenvalue weighted by molar-refractivity contribution is 5.79. The summed E-state index contributed by atoms with van der Waals surface area (Å²) in [4.78, 5) is 12.8. The first kappa shape index (κ1) is 13.2. The van der Waals surface area contributed by atoms with Gasteiger partial charge in [-0.25, -0.2) is 4.79 Å². The van der Waals surface area contributed by atoms with Gasteiger partial charge in [-0.15, -0.1) is 0 Å². The smallest absolute Gasteiger partial charge is 0.328 e. The largest absolute Gasteiger partial charge is 0.478 e. The molecule has 0 aliphatic heterocycles. The number of carbonyl (C=O) groups is 1. The van der Waals surface area contributed by atoms with Gasteiger partial charge in [-0.05, 0) is 18.8 Å². The molecule has 1 rings (SSSR count). The predicted molar refractivity (Wildman–Crippen MR) is 65.4 cm³/mol. The van der Waals surface area contributed by atoms with E-state index in [2.05, 4.69) is 18.7 Å². The summed E-state index contributed by atoms with van der Waals surface area (Å²) >= 11 is 0. The Bertz CT molecular complexity index is 242. The van der Waals surface area contributed by atoms with E-state index in [1.165, 1.54) is 31.8 Å². The second kappa shape index (κ2) is 6.69. The van der Waals surface area contributed by atoms with Gasteiger partial charge in [0.25, 0.3) is 0 Å². The Hall–Kier alpha value is -0.830. The van der Waals surface area contributed by atoms with E-state index in [1.54, 1.807) is 6.08 Å². The monoisotopic (exact) mass is 225 g/mol. The van der Waals surface area contributed by atoms with E-state index in [-0.39, 0.29) is 0 Å². The molecule has 0 unspecified atom stereocenters. The van der Waals surface area contributed by atoms with Crippen molar-refractivity contribution in [1.82, 2.24) is 4.90 Å². The van der Waals surface area contributed by atoms with Crippen LogP contribution in [0.4, 0.5) is 0 Å². The standard InChI is InChI=1S/C13H23NO2/c1-11(2)10-14(9-5-8-13(15)16)12-6-3-4-7-12/h5,8,11-12H,3-4,6-7,9-10H2,1-2H3,(H,15,16). The molecule has 0 atom stereocenters. The van der Waals surface area contributed by atoms with Crippen LogP contribution in [0.3, 0.4) is 0 Å². The minimum atomic E-state index is -0.851. The van der Waals surface area contributed by atoms with Crippen LogP contribution in [-0.2, 0) is 4.79 Å². The normalized spacial score (nSPS) is 18.0. The highest BCUT2D eigenvalue weighted by Crippen LogP contribution is 2.24. The topological polar surface area (TPSA) is 40.5 Å². The lowest BCUT2D eigenvalue weighted by atomic mass is 10.1. The first-order valence-electron chi connectivity index (χ1n) is 6.23. The van der Waals surface area contributed by atoms with Crippen molar-refractivity contribution in [2.75, 3.05) is 13.1 Å². The zero-order chi connectivity index (χ0) is 12.0. The van der Waals surface area contributed by atoms with Crippen LogP contribution in [0.25, 0.3) is 0 Å². The third-order valence-electron chi connectivity index (χ3n) is 3.04. The minimum Gasteiger partial charge on any atom is -0.478 e. The lowest BCUT2D eigenvalue weighted by molar-refractivity contribution is -0.131. The summed E-state index contributed by atoms with van der Waals surface area (Å²) in [6.45, 7) is 6.26. The molecular weight excluding hydrogens is 202 g/mol. The van der Waals surface area contributed by atoms with Crippen LogP contribution in [0.15, 0.2) is 12.2 Å². The van der Waals surface area contributed by atoms with Crippen molar-refractivity contribution in [3.05, 3.63) is 12.2 Å². The summed E-state index contributed by atoms with van der Waals surface area (Å²) < 4.78 is 0. The molecule has 0 aromatic heterocycles. The van der Waals surface area contributed by atoms with Crippen molar-refractivity contribution >= 4 is 5.97 Å². The lowest BCUT2D eigenvalue weighted by Crippen LogP contribution is -2.36. The summed E-state index contributed by atoms with van der Waals surface area (Å²) in [6, 6.07) is 0.667. The average molecular weight is 225 g/mol. The molecule has 3 nitrogen and oxygen atoms in total. The molecule has 0 aromatic carbocycles. The molecule has 0 radical (unpaired) electrons. The van der Waals surface area contributed by atoms with Crippen LogP contribution >= 0.6 is 0 Å². The van der Waals surface area contributed by atoms with Crippen molar-refractivity contribution in [3.63, 3.8) is 0 Å². The predicted octanol–water partition coefficient (Wildman–Crippen LogP) is 2.53. The van der Waals surface area contributed by atoms with Gasteiger partial charge in [0.05, 0.1) is 0 Å². The second-order valence-electron chi connectivity index (χ2n) is 5.03. The van der Waals surface area contributed by atoms with Crippen LogP contribution in [-0.4, -0.2) is 35.1 Å². The summed E-state index contributed by atoms with van der Waals surface area (Å²) in [5.41, 5.74) is 0. The molecule has 0 spiro atoms. The van der Waals surface area contributed by atoms with E-state index in [4.69, 9.17) is 5.11 Å². The first-order chi connectivity index (χ1) is 7.59. The molecule has 16 heavy (non-hydrogen) atoms. The zero-order valence-electron chi connectivity index (χ0n) is 10.4. The number of hydrogen-bond donors (Lipinski definition) is 1. The summed E-state index contributed by atoms with van der Waals surface area (Å²) in [6.07, 6.45) is 8.20. The molecule has 0 amide bonds. The molecule has 3 heteroatoms. The molecule has 1 N–H and O–H groups in total. The Morgan fingerprint density at radius 2 is 2.06 bits per heavy atom. The Kier molecular flexibility index (Phi) is 5.53. The van der Waals surface area contributed by atoms with Crippen LogP contribution in [0.5, 0.6) is 0 Å². The van der Waals surface area contributed by atoms with E-state index in [0.29, 0.717) is 12.0 Å². The van der Waals surface area contributed by atoms with Gasteiger partial charge in [-0.1, -0.05) is 32.8 Å². The van der Waals surface area contributed by atoms with Crippen LogP contribution in [0, 0.1) is 5.92 Å². The van der Waals surface area contributed by atoms with Gasteiger partial charge in [0, 0.05) is 25.2 Å². The fourth-order valence-corrected chi connectivity index (χ4v) is 2.40. The van der Waals surface area contributed by atoms with E-state index in [1.807, 2.05) is 0 Å². The van der Waals surface area contributed by atoms with Gasteiger partial charge in [-0.2, -0.15) is 0 Å². The average Bonchev–Trinajstić information content (AvgIpc) is 2.67. The molecular formula is C13H23NO2. The van der Waals surface area contributed by atoms with Gasteiger partial charge >= 0.3 is 5.97 Å². The van der Waals surface area contributed by atoms with Gasteiger partial charge < -0.3 is 5.11 Å². The Morgan fingerprint density at radius 3 is 2.56 bits per heavy atom. The zero-order valence-corrected chi connectivity index (χ0v) is 10.4. The van der Waals surface area contributed by atoms with Gasteiger partial charge in [0.15, 0.2) is 0 Å². The van der Waals surface area contributed by atoms with Crippen LogP contribution in [0.1, 0.15) is 39.5 Å². The summed E-state index contributed by atoms with van der Waals surface area (Å²) in [7, 11) is 0. The number of hydrogen-bond acceptors (Lipinski definition) is 2. The fourth-order valence-electron chi connectivity index (χ4n) is 2.40. The molecule has 0 aromatic rings. The first-order valence-corrected chi connectivity index (χ1v) is 6.23. The summed E-state index contributed by atoms with van der Waals surface area (Å²) in [5, 5.41) is 8.57. The maximum Gasteiger partial charge on any atom is 0.328 e. The van der Waals surface area contributed by atoms with Crippen molar-refractivity contribution < 1.29 is 9.90 Å². The third kappa shape index (κ3) is 4.79. The van der Waals surface area contributed by atoms with Gasteiger partial charge in [0.1, 0.15) is 0 Å². The van der Waals surface area contributed by atoms with E-state index < -0.39 is 5.97 Å². The maximum atomic E-state index is 10.4. The molecule has 1 saturated carbocycles. The molecule has 92 valence electrons. The van der Waals surface area contributed by atoms with Crippen LogP contribution < -0.4 is 0 Å². The SMILES string of the molecule is CC(C)CN(CC=CC(=O)O)C1CCCC1. The molecule has 1 fully saturated rings. The minimum absolute atomic E-state index is 0.638.